The van der Waals surface area contributed by atoms with Gasteiger partial charge in [-0.2, -0.15) is 0 Å². The summed E-state index contributed by atoms with van der Waals surface area (Å²) in [5, 5.41) is 1.03. The number of nitrogens with zero attached hydrogens (tertiary/aromatic N) is 5. The topological polar surface area (TPSA) is 62.2 Å². The zero-order chi connectivity index (χ0) is 19.7. The van der Waals surface area contributed by atoms with Gasteiger partial charge in [-0.25, -0.2) is 9.97 Å². The highest BCUT2D eigenvalue weighted by Crippen LogP contribution is 2.28. The van der Waals surface area contributed by atoms with Gasteiger partial charge in [0, 0.05) is 54.9 Å². The molecule has 1 aromatic carbocycles. The largest absolute Gasteiger partial charge is 0.352 e. The predicted octanol–water partition coefficient (Wildman–Crippen LogP) is 3.39. The number of amides is 1. The standard InChI is InChI=1S/C22H25N5O/c1-22(2,3)21(28)27-13-11-26(12-14-27)20-17-8-4-5-9-18(17)24-19(25-20)16-7-6-10-23-15-16/h4-10,15H,11-14H2,1-3H3. The highest BCUT2D eigenvalue weighted by atomic mass is 16.2. The maximum atomic E-state index is 12.6. The Morgan fingerprint density at radius 1 is 0.964 bits per heavy atom. The van der Waals surface area contributed by atoms with Crippen LogP contribution in [-0.2, 0) is 4.79 Å². The van der Waals surface area contributed by atoms with E-state index >= 15 is 0 Å². The first-order valence-electron chi connectivity index (χ1n) is 9.65. The number of aromatic nitrogens is 3. The van der Waals surface area contributed by atoms with Gasteiger partial charge in [0.2, 0.25) is 5.91 Å². The molecule has 2 aromatic heterocycles. The van der Waals surface area contributed by atoms with E-state index in [1.165, 1.54) is 0 Å². The minimum absolute atomic E-state index is 0.204. The summed E-state index contributed by atoms with van der Waals surface area (Å²) >= 11 is 0. The third-order valence-corrected chi connectivity index (χ3v) is 5.01. The molecule has 0 radical (unpaired) electrons. The number of carbonyl (C=O) groups is 1. The lowest BCUT2D eigenvalue weighted by Crippen LogP contribution is -2.52. The van der Waals surface area contributed by atoms with E-state index in [0.717, 1.165) is 35.4 Å². The average Bonchev–Trinajstić information content (AvgIpc) is 2.72. The molecule has 0 bridgehead atoms. The minimum atomic E-state index is -0.350. The van der Waals surface area contributed by atoms with Gasteiger partial charge >= 0.3 is 0 Å². The van der Waals surface area contributed by atoms with Crippen LogP contribution in [0.25, 0.3) is 22.3 Å². The molecule has 28 heavy (non-hydrogen) atoms. The van der Waals surface area contributed by atoms with Gasteiger partial charge in [0.1, 0.15) is 5.82 Å². The maximum Gasteiger partial charge on any atom is 0.228 e. The van der Waals surface area contributed by atoms with Gasteiger partial charge in [-0.05, 0) is 24.3 Å². The number of rotatable bonds is 2. The molecule has 6 heteroatoms. The van der Waals surface area contributed by atoms with Crippen LogP contribution in [0.5, 0.6) is 0 Å². The lowest BCUT2D eigenvalue weighted by molar-refractivity contribution is -0.139. The number of pyridine rings is 1. The Morgan fingerprint density at radius 3 is 2.39 bits per heavy atom. The molecule has 1 saturated heterocycles. The number of hydrogen-bond acceptors (Lipinski definition) is 5. The highest BCUT2D eigenvalue weighted by Gasteiger charge is 2.30. The Labute approximate surface area is 165 Å². The quantitative estimate of drug-likeness (QED) is 0.687. The van der Waals surface area contributed by atoms with Crippen molar-refractivity contribution in [3.63, 3.8) is 0 Å². The van der Waals surface area contributed by atoms with E-state index in [-0.39, 0.29) is 11.3 Å². The third-order valence-electron chi connectivity index (χ3n) is 5.01. The van der Waals surface area contributed by atoms with Crippen LogP contribution in [0.3, 0.4) is 0 Å². The predicted molar refractivity (Wildman–Crippen MR) is 111 cm³/mol. The molecule has 0 atom stereocenters. The molecule has 1 fully saturated rings. The number of para-hydroxylation sites is 1. The fourth-order valence-electron chi connectivity index (χ4n) is 3.52. The Balaban J connectivity index is 1.66. The Morgan fingerprint density at radius 2 is 1.71 bits per heavy atom. The lowest BCUT2D eigenvalue weighted by atomic mass is 9.94. The van der Waals surface area contributed by atoms with Gasteiger partial charge in [-0.3, -0.25) is 9.78 Å². The van der Waals surface area contributed by atoms with E-state index in [4.69, 9.17) is 9.97 Å². The van der Waals surface area contributed by atoms with Crippen LogP contribution in [0, 0.1) is 5.41 Å². The van der Waals surface area contributed by atoms with Crippen LogP contribution < -0.4 is 4.90 Å². The van der Waals surface area contributed by atoms with Crippen LogP contribution in [0.2, 0.25) is 0 Å². The zero-order valence-electron chi connectivity index (χ0n) is 16.6. The summed E-state index contributed by atoms with van der Waals surface area (Å²) in [7, 11) is 0. The molecule has 0 spiro atoms. The number of hydrogen-bond donors (Lipinski definition) is 0. The Kier molecular flexibility index (Phi) is 4.71. The molecular formula is C22H25N5O. The van der Waals surface area contributed by atoms with Gasteiger partial charge in [-0.1, -0.05) is 32.9 Å². The molecule has 1 aliphatic rings. The maximum absolute atomic E-state index is 12.6. The van der Waals surface area contributed by atoms with Crippen molar-refractivity contribution in [2.75, 3.05) is 31.1 Å². The number of anilines is 1. The van der Waals surface area contributed by atoms with Crippen molar-refractivity contribution in [3.05, 3.63) is 48.8 Å². The second kappa shape index (κ2) is 7.19. The van der Waals surface area contributed by atoms with Crippen molar-refractivity contribution in [3.8, 4) is 11.4 Å². The van der Waals surface area contributed by atoms with Gasteiger partial charge in [0.05, 0.1) is 5.52 Å². The van der Waals surface area contributed by atoms with Crippen molar-refractivity contribution in [2.45, 2.75) is 20.8 Å². The number of carbonyl (C=O) groups excluding carboxylic acids is 1. The summed E-state index contributed by atoms with van der Waals surface area (Å²) < 4.78 is 0. The third kappa shape index (κ3) is 3.54. The van der Waals surface area contributed by atoms with E-state index in [2.05, 4.69) is 16.0 Å². The molecule has 1 amide bonds. The van der Waals surface area contributed by atoms with Crippen LogP contribution in [0.4, 0.5) is 5.82 Å². The lowest BCUT2D eigenvalue weighted by Gasteiger charge is -2.38. The van der Waals surface area contributed by atoms with E-state index in [1.807, 2.05) is 56.0 Å². The first-order chi connectivity index (χ1) is 13.4. The molecule has 144 valence electrons. The number of piperazine rings is 1. The summed E-state index contributed by atoms with van der Waals surface area (Å²) in [5.41, 5.74) is 1.47. The summed E-state index contributed by atoms with van der Waals surface area (Å²) in [5.74, 6) is 1.80. The fraction of sp³-hybridized carbons (Fsp3) is 0.364. The van der Waals surface area contributed by atoms with Crippen LogP contribution in [-0.4, -0.2) is 51.9 Å². The van der Waals surface area contributed by atoms with Crippen molar-refractivity contribution in [1.82, 2.24) is 19.9 Å². The fourth-order valence-corrected chi connectivity index (χ4v) is 3.52. The second-order valence-corrected chi connectivity index (χ2v) is 8.16. The van der Waals surface area contributed by atoms with Gasteiger partial charge in [0.25, 0.3) is 0 Å². The SMILES string of the molecule is CC(C)(C)C(=O)N1CCN(c2nc(-c3cccnc3)nc3ccccc23)CC1. The highest BCUT2D eigenvalue weighted by molar-refractivity contribution is 5.91. The van der Waals surface area contributed by atoms with Crippen molar-refractivity contribution in [2.24, 2.45) is 5.41 Å². The summed E-state index contributed by atoms with van der Waals surface area (Å²) in [6, 6.07) is 11.9. The molecule has 3 heterocycles. The minimum Gasteiger partial charge on any atom is -0.352 e. The molecule has 3 aromatic rings. The average molecular weight is 375 g/mol. The molecule has 0 aliphatic carbocycles. The summed E-state index contributed by atoms with van der Waals surface area (Å²) in [4.78, 5) is 30.6. The van der Waals surface area contributed by atoms with E-state index in [0.29, 0.717) is 18.9 Å². The first kappa shape index (κ1) is 18.3. The molecular weight excluding hydrogens is 350 g/mol. The Bertz CT molecular complexity index is 989. The molecule has 0 unspecified atom stereocenters. The van der Waals surface area contributed by atoms with E-state index in [9.17, 15) is 4.79 Å². The van der Waals surface area contributed by atoms with Crippen LogP contribution in [0.1, 0.15) is 20.8 Å². The van der Waals surface area contributed by atoms with Crippen LogP contribution >= 0.6 is 0 Å². The monoisotopic (exact) mass is 375 g/mol. The van der Waals surface area contributed by atoms with E-state index in [1.54, 1.807) is 12.4 Å². The van der Waals surface area contributed by atoms with Gasteiger partial charge < -0.3 is 9.80 Å². The molecule has 0 saturated carbocycles. The summed E-state index contributed by atoms with van der Waals surface area (Å²) in [6.45, 7) is 8.84. The van der Waals surface area contributed by atoms with Gasteiger partial charge in [0.15, 0.2) is 5.82 Å². The Hall–Kier alpha value is -3.02. The van der Waals surface area contributed by atoms with Crippen molar-refractivity contribution < 1.29 is 4.79 Å². The smallest absolute Gasteiger partial charge is 0.228 e. The summed E-state index contributed by atoms with van der Waals surface area (Å²) in [6.07, 6.45) is 3.53. The van der Waals surface area contributed by atoms with Crippen molar-refractivity contribution in [1.29, 1.82) is 0 Å². The zero-order valence-corrected chi connectivity index (χ0v) is 16.6. The molecule has 6 nitrogen and oxygen atoms in total. The van der Waals surface area contributed by atoms with Crippen molar-refractivity contribution >= 4 is 22.6 Å². The molecule has 1 aliphatic heterocycles. The number of benzene rings is 1. The normalized spacial score (nSPS) is 15.1. The molecule has 0 N–H and O–H groups in total. The van der Waals surface area contributed by atoms with E-state index < -0.39 is 0 Å². The number of fused-ring (bicyclic) bond motifs is 1. The second-order valence-electron chi connectivity index (χ2n) is 8.16. The van der Waals surface area contributed by atoms with Crippen LogP contribution in [0.15, 0.2) is 48.8 Å². The first-order valence-corrected chi connectivity index (χ1v) is 9.65. The molecule has 4 rings (SSSR count). The van der Waals surface area contributed by atoms with Gasteiger partial charge in [-0.15, -0.1) is 0 Å².